The van der Waals surface area contributed by atoms with Crippen molar-refractivity contribution in [2.24, 2.45) is 0 Å². The molecule has 2 aliphatic rings. The zero-order valence-corrected chi connectivity index (χ0v) is 13.7. The summed E-state index contributed by atoms with van der Waals surface area (Å²) in [5, 5.41) is 4.59. The van der Waals surface area contributed by atoms with Gasteiger partial charge in [-0.2, -0.15) is 8.78 Å². The maximum Gasteiger partial charge on any atom is 0.345 e. The number of hydrogen-bond acceptors (Lipinski definition) is 4. The molecule has 0 spiro atoms. The molecule has 0 unspecified atom stereocenters. The summed E-state index contributed by atoms with van der Waals surface area (Å²) in [5.74, 6) is -0.549. The second-order valence-electron chi connectivity index (χ2n) is 5.29. The zero-order chi connectivity index (χ0) is 15.9. The van der Waals surface area contributed by atoms with Gasteiger partial charge in [-0.25, -0.2) is 0 Å². The highest BCUT2D eigenvalue weighted by atomic mass is 79.9. The molecule has 2 amide bonds. The summed E-state index contributed by atoms with van der Waals surface area (Å²) in [7, 11) is 0. The number of nitrogens with one attached hydrogen (secondary N) is 1. The van der Waals surface area contributed by atoms with Crippen LogP contribution in [-0.2, 0) is 20.7 Å². The Morgan fingerprint density at radius 3 is 2.91 bits per heavy atom. The van der Waals surface area contributed by atoms with E-state index in [1.165, 1.54) is 16.2 Å². The van der Waals surface area contributed by atoms with Crippen molar-refractivity contribution >= 4 is 39.1 Å². The van der Waals surface area contributed by atoms with Crippen molar-refractivity contribution in [2.75, 3.05) is 6.54 Å². The van der Waals surface area contributed by atoms with E-state index in [0.29, 0.717) is 6.42 Å². The van der Waals surface area contributed by atoms with Crippen LogP contribution in [0.3, 0.4) is 0 Å². The van der Waals surface area contributed by atoms with Gasteiger partial charge in [0.2, 0.25) is 11.8 Å². The number of halogens is 3. The Balaban J connectivity index is 1.70. The van der Waals surface area contributed by atoms with Crippen molar-refractivity contribution < 1.29 is 23.1 Å². The Bertz CT molecular complexity index is 598. The number of nitrogens with zero attached hydrogens (tertiary/aromatic N) is 1. The monoisotopic (exact) mass is 394 g/mol. The predicted molar refractivity (Wildman–Crippen MR) is 78.6 cm³/mol. The maximum absolute atomic E-state index is 12.5. The molecule has 2 saturated heterocycles. The van der Waals surface area contributed by atoms with Crippen LogP contribution in [0.2, 0.25) is 0 Å². The lowest BCUT2D eigenvalue weighted by atomic mass is 10.0. The number of fused-ring (bicyclic) bond motifs is 1. The normalized spacial score (nSPS) is 28.2. The fourth-order valence-corrected chi connectivity index (χ4v) is 4.11. The number of alkyl halides is 2. The lowest BCUT2D eigenvalue weighted by molar-refractivity contribution is -0.160. The van der Waals surface area contributed by atoms with Gasteiger partial charge in [0, 0.05) is 19.4 Å². The van der Waals surface area contributed by atoms with E-state index < -0.39 is 24.8 Å². The van der Waals surface area contributed by atoms with Crippen LogP contribution in [0.1, 0.15) is 12.0 Å². The third kappa shape index (κ3) is 3.16. The average molecular weight is 395 g/mol. The molecule has 0 bridgehead atoms. The molecule has 1 aromatic rings. The van der Waals surface area contributed by atoms with Crippen molar-refractivity contribution in [3.63, 3.8) is 0 Å². The molecule has 3 heterocycles. The fourth-order valence-electron chi connectivity index (χ4n) is 2.89. The van der Waals surface area contributed by atoms with Crippen LogP contribution in [0, 0.1) is 0 Å². The Morgan fingerprint density at radius 1 is 1.50 bits per heavy atom. The predicted octanol–water partition coefficient (Wildman–Crippen LogP) is 1.76. The minimum absolute atomic E-state index is 0.0328. The Kier molecular flexibility index (Phi) is 4.47. The molecule has 22 heavy (non-hydrogen) atoms. The van der Waals surface area contributed by atoms with Crippen molar-refractivity contribution in [3.8, 4) is 0 Å². The molecular formula is C13H13BrF2N2O3S. The van der Waals surface area contributed by atoms with Crippen molar-refractivity contribution in [3.05, 3.63) is 20.8 Å². The van der Waals surface area contributed by atoms with Crippen LogP contribution in [0.5, 0.6) is 0 Å². The van der Waals surface area contributed by atoms with Gasteiger partial charge in [0.15, 0.2) is 0 Å². The standard InChI is InChI=1S/C13H13BrF2N2O3S/c14-10-2-6(5-22-10)1-8-12(20)18-4-7(21-13(15)16)3-9(18)11(19)17-8/h2,5,7-9,13H,1,3-4H2,(H,17,19)/t7-,8-,9+/m1/s1. The van der Waals surface area contributed by atoms with Gasteiger partial charge in [-0.3, -0.25) is 9.59 Å². The van der Waals surface area contributed by atoms with Crippen LogP contribution in [0.25, 0.3) is 0 Å². The zero-order valence-electron chi connectivity index (χ0n) is 11.3. The van der Waals surface area contributed by atoms with E-state index >= 15 is 0 Å². The molecule has 1 N–H and O–H groups in total. The summed E-state index contributed by atoms with van der Waals surface area (Å²) in [6, 6.07) is 0.528. The van der Waals surface area contributed by atoms with Gasteiger partial charge in [0.05, 0.1) is 9.89 Å². The van der Waals surface area contributed by atoms with Crippen LogP contribution >= 0.6 is 27.3 Å². The molecule has 0 saturated carbocycles. The minimum atomic E-state index is -2.90. The molecule has 2 fully saturated rings. The average Bonchev–Trinajstić information content (AvgIpc) is 3.02. The van der Waals surface area contributed by atoms with E-state index in [4.69, 9.17) is 0 Å². The molecule has 5 nitrogen and oxygen atoms in total. The second-order valence-corrected chi connectivity index (χ2v) is 7.58. The van der Waals surface area contributed by atoms with Crippen molar-refractivity contribution in [1.82, 2.24) is 10.2 Å². The van der Waals surface area contributed by atoms with Gasteiger partial charge in [0.1, 0.15) is 12.1 Å². The number of amides is 2. The molecular weight excluding hydrogens is 382 g/mol. The fraction of sp³-hybridized carbons (Fsp3) is 0.538. The van der Waals surface area contributed by atoms with Crippen LogP contribution in [0.15, 0.2) is 15.2 Å². The van der Waals surface area contributed by atoms with E-state index in [9.17, 15) is 18.4 Å². The van der Waals surface area contributed by atoms with Crippen LogP contribution < -0.4 is 5.32 Å². The summed E-state index contributed by atoms with van der Waals surface area (Å²) in [4.78, 5) is 25.9. The number of ether oxygens (including phenoxy) is 1. The molecule has 0 aliphatic carbocycles. The Hall–Kier alpha value is -1.06. The van der Waals surface area contributed by atoms with E-state index in [1.807, 2.05) is 11.4 Å². The summed E-state index contributed by atoms with van der Waals surface area (Å²) in [6.45, 7) is -2.87. The number of rotatable bonds is 4. The minimum Gasteiger partial charge on any atom is -0.342 e. The third-order valence-electron chi connectivity index (χ3n) is 3.82. The van der Waals surface area contributed by atoms with Gasteiger partial charge in [0.25, 0.3) is 0 Å². The van der Waals surface area contributed by atoms with Crippen LogP contribution in [-0.4, -0.2) is 48.1 Å². The number of carbonyl (C=O) groups is 2. The van der Waals surface area contributed by atoms with Crippen LogP contribution in [0.4, 0.5) is 8.78 Å². The molecule has 2 aliphatic heterocycles. The quantitative estimate of drug-likeness (QED) is 0.846. The lowest BCUT2D eigenvalue weighted by Gasteiger charge is -2.34. The van der Waals surface area contributed by atoms with Gasteiger partial charge in [-0.15, -0.1) is 11.3 Å². The first-order valence-electron chi connectivity index (χ1n) is 6.71. The molecule has 120 valence electrons. The number of hydrogen-bond donors (Lipinski definition) is 1. The van der Waals surface area contributed by atoms with E-state index in [1.54, 1.807) is 0 Å². The van der Waals surface area contributed by atoms with Crippen molar-refractivity contribution in [1.29, 1.82) is 0 Å². The summed E-state index contributed by atoms with van der Waals surface area (Å²) < 4.78 is 30.0. The summed E-state index contributed by atoms with van der Waals surface area (Å²) in [6.07, 6.45) is -0.303. The molecule has 0 radical (unpaired) electrons. The Morgan fingerprint density at radius 2 is 2.27 bits per heavy atom. The highest BCUT2D eigenvalue weighted by Gasteiger charge is 2.47. The summed E-state index contributed by atoms with van der Waals surface area (Å²) >= 11 is 4.85. The SMILES string of the molecule is O=C1N[C@H](Cc2csc(Br)c2)C(=O)N2C[C@H](OC(F)F)C[C@@H]12. The van der Waals surface area contributed by atoms with E-state index in [0.717, 1.165) is 9.35 Å². The largest absolute Gasteiger partial charge is 0.345 e. The first-order chi connectivity index (χ1) is 10.4. The van der Waals surface area contributed by atoms with Crippen molar-refractivity contribution in [2.45, 2.75) is 37.6 Å². The first-order valence-corrected chi connectivity index (χ1v) is 8.38. The highest BCUT2D eigenvalue weighted by Crippen LogP contribution is 2.28. The molecule has 3 rings (SSSR count). The maximum atomic E-state index is 12.5. The van der Waals surface area contributed by atoms with Gasteiger partial charge in [-0.1, -0.05) is 0 Å². The lowest BCUT2D eigenvalue weighted by Crippen LogP contribution is -2.61. The molecule has 0 aromatic carbocycles. The topological polar surface area (TPSA) is 58.6 Å². The highest BCUT2D eigenvalue weighted by molar-refractivity contribution is 9.11. The molecule has 9 heteroatoms. The van der Waals surface area contributed by atoms with Gasteiger partial charge >= 0.3 is 6.61 Å². The number of thiophene rings is 1. The number of piperazine rings is 1. The van der Waals surface area contributed by atoms with Gasteiger partial charge in [-0.05, 0) is 32.9 Å². The van der Waals surface area contributed by atoms with E-state index in [-0.39, 0.29) is 24.8 Å². The molecule has 1 aromatic heterocycles. The smallest absolute Gasteiger partial charge is 0.342 e. The molecule has 3 atom stereocenters. The second kappa shape index (κ2) is 6.21. The third-order valence-corrected chi connectivity index (χ3v) is 5.37. The first kappa shape index (κ1) is 15.8. The summed E-state index contributed by atoms with van der Waals surface area (Å²) in [5.41, 5.74) is 0.938. The van der Waals surface area contributed by atoms with Gasteiger partial charge < -0.3 is 15.0 Å². The number of carbonyl (C=O) groups excluding carboxylic acids is 2. The Labute approximate surface area is 137 Å². The van der Waals surface area contributed by atoms with E-state index in [2.05, 4.69) is 26.0 Å².